The van der Waals surface area contributed by atoms with E-state index in [2.05, 4.69) is 32.7 Å². The maximum atomic E-state index is 13.6. The Morgan fingerprint density at radius 1 is 1.22 bits per heavy atom. The standard InChI is InChI=1S/C18H26FN3O/c1-6-15-17(22-11-14(19)7-8-16(22)20-15)18(23)21(9-12(2)3)10-13(4)5/h7-8,11-13H,6,9-10H2,1-5H3. The first-order chi connectivity index (χ1) is 10.8. The van der Waals surface area contributed by atoms with Gasteiger partial charge in [-0.25, -0.2) is 9.37 Å². The van der Waals surface area contributed by atoms with Crippen molar-refractivity contribution in [2.75, 3.05) is 13.1 Å². The number of rotatable bonds is 6. The van der Waals surface area contributed by atoms with Gasteiger partial charge in [0.2, 0.25) is 0 Å². The van der Waals surface area contributed by atoms with Crippen LogP contribution in [0.3, 0.4) is 0 Å². The van der Waals surface area contributed by atoms with Gasteiger partial charge in [-0.05, 0) is 30.4 Å². The van der Waals surface area contributed by atoms with Crippen LogP contribution in [0.4, 0.5) is 4.39 Å². The summed E-state index contributed by atoms with van der Waals surface area (Å²) in [5.41, 5.74) is 1.82. The lowest BCUT2D eigenvalue weighted by atomic mass is 10.1. The number of hydrogen-bond acceptors (Lipinski definition) is 2. The Balaban J connectivity index is 2.50. The van der Waals surface area contributed by atoms with E-state index in [9.17, 15) is 9.18 Å². The van der Waals surface area contributed by atoms with E-state index in [4.69, 9.17) is 0 Å². The van der Waals surface area contributed by atoms with E-state index in [1.165, 1.54) is 12.3 Å². The van der Waals surface area contributed by atoms with Gasteiger partial charge in [0.25, 0.3) is 5.91 Å². The number of amides is 1. The average Bonchev–Trinajstić information content (AvgIpc) is 2.82. The number of aryl methyl sites for hydroxylation is 1. The monoisotopic (exact) mass is 319 g/mol. The molecule has 0 aromatic carbocycles. The largest absolute Gasteiger partial charge is 0.337 e. The molecule has 0 bridgehead atoms. The quantitative estimate of drug-likeness (QED) is 0.812. The number of carbonyl (C=O) groups is 1. The van der Waals surface area contributed by atoms with Crippen LogP contribution in [0.15, 0.2) is 18.3 Å². The molecule has 0 aliphatic heterocycles. The number of hydrogen-bond donors (Lipinski definition) is 0. The Bertz CT molecular complexity index is 681. The van der Waals surface area contributed by atoms with Crippen LogP contribution in [-0.4, -0.2) is 33.3 Å². The number of fused-ring (bicyclic) bond motifs is 1. The second-order valence-electron chi connectivity index (χ2n) is 6.83. The van der Waals surface area contributed by atoms with Crippen molar-refractivity contribution in [1.82, 2.24) is 14.3 Å². The Hall–Kier alpha value is -1.91. The summed E-state index contributed by atoms with van der Waals surface area (Å²) in [6, 6.07) is 2.98. The first-order valence-electron chi connectivity index (χ1n) is 8.29. The van der Waals surface area contributed by atoms with E-state index in [1.54, 1.807) is 10.5 Å². The molecule has 0 N–H and O–H groups in total. The first kappa shape index (κ1) is 17.4. The Morgan fingerprint density at radius 3 is 2.35 bits per heavy atom. The van der Waals surface area contributed by atoms with Crippen molar-refractivity contribution in [3.63, 3.8) is 0 Å². The molecule has 0 atom stereocenters. The molecule has 2 heterocycles. The summed E-state index contributed by atoms with van der Waals surface area (Å²) in [4.78, 5) is 19.5. The molecule has 2 aromatic rings. The Morgan fingerprint density at radius 2 is 1.83 bits per heavy atom. The van der Waals surface area contributed by atoms with Gasteiger partial charge in [-0.15, -0.1) is 0 Å². The minimum Gasteiger partial charge on any atom is -0.337 e. The third-order valence-corrected chi connectivity index (χ3v) is 3.65. The minimum absolute atomic E-state index is 0.0673. The maximum absolute atomic E-state index is 13.6. The zero-order chi connectivity index (χ0) is 17.1. The highest BCUT2D eigenvalue weighted by molar-refractivity contribution is 5.94. The maximum Gasteiger partial charge on any atom is 0.272 e. The summed E-state index contributed by atoms with van der Waals surface area (Å²) >= 11 is 0. The molecule has 5 heteroatoms. The summed E-state index contributed by atoms with van der Waals surface area (Å²) in [5.74, 6) is 0.311. The van der Waals surface area contributed by atoms with Crippen molar-refractivity contribution >= 4 is 11.6 Å². The second kappa shape index (κ2) is 7.11. The molecule has 0 aliphatic carbocycles. The zero-order valence-electron chi connectivity index (χ0n) is 14.6. The topological polar surface area (TPSA) is 37.6 Å². The van der Waals surface area contributed by atoms with Crippen molar-refractivity contribution in [2.24, 2.45) is 11.8 Å². The molecule has 0 fully saturated rings. The van der Waals surface area contributed by atoms with Crippen LogP contribution in [0.2, 0.25) is 0 Å². The number of imidazole rings is 1. The highest BCUT2D eigenvalue weighted by Crippen LogP contribution is 2.18. The molecule has 23 heavy (non-hydrogen) atoms. The molecule has 126 valence electrons. The van der Waals surface area contributed by atoms with Crippen LogP contribution in [0.5, 0.6) is 0 Å². The van der Waals surface area contributed by atoms with Gasteiger partial charge in [0, 0.05) is 19.3 Å². The molecular formula is C18H26FN3O. The summed E-state index contributed by atoms with van der Waals surface area (Å²) in [5, 5.41) is 0. The number of halogens is 1. The van der Waals surface area contributed by atoms with Gasteiger partial charge in [-0.1, -0.05) is 34.6 Å². The Kier molecular flexibility index (Phi) is 5.39. The number of aromatic nitrogens is 2. The fourth-order valence-corrected chi connectivity index (χ4v) is 2.81. The van der Waals surface area contributed by atoms with E-state index < -0.39 is 0 Å². The predicted octanol–water partition coefficient (Wildman–Crippen LogP) is 3.79. The van der Waals surface area contributed by atoms with Crippen molar-refractivity contribution in [1.29, 1.82) is 0 Å². The lowest BCUT2D eigenvalue weighted by molar-refractivity contribution is 0.0707. The molecule has 2 rings (SSSR count). The van der Waals surface area contributed by atoms with Crippen molar-refractivity contribution in [3.8, 4) is 0 Å². The summed E-state index contributed by atoms with van der Waals surface area (Å²) in [7, 11) is 0. The molecular weight excluding hydrogens is 293 g/mol. The first-order valence-corrected chi connectivity index (χ1v) is 8.29. The summed E-state index contributed by atoms with van der Waals surface area (Å²) in [6.45, 7) is 11.7. The average molecular weight is 319 g/mol. The van der Waals surface area contributed by atoms with Gasteiger partial charge in [-0.2, -0.15) is 0 Å². The molecule has 0 aliphatic rings. The molecule has 0 radical (unpaired) electrons. The highest BCUT2D eigenvalue weighted by Gasteiger charge is 2.25. The summed E-state index contributed by atoms with van der Waals surface area (Å²) in [6.07, 6.45) is 1.99. The molecule has 0 spiro atoms. The second-order valence-corrected chi connectivity index (χ2v) is 6.83. The van der Waals surface area contributed by atoms with Crippen molar-refractivity contribution in [3.05, 3.63) is 35.5 Å². The lowest BCUT2D eigenvalue weighted by Gasteiger charge is -2.26. The van der Waals surface area contributed by atoms with Gasteiger partial charge in [0.15, 0.2) is 0 Å². The van der Waals surface area contributed by atoms with Crippen molar-refractivity contribution in [2.45, 2.75) is 41.0 Å². The molecule has 0 unspecified atom stereocenters. The van der Waals surface area contributed by atoms with Gasteiger partial charge in [0.1, 0.15) is 17.2 Å². The van der Waals surface area contributed by atoms with Crippen LogP contribution < -0.4 is 0 Å². The smallest absolute Gasteiger partial charge is 0.272 e. The van der Waals surface area contributed by atoms with Crippen LogP contribution >= 0.6 is 0 Å². The van der Waals surface area contributed by atoms with E-state index in [0.717, 1.165) is 5.69 Å². The van der Waals surface area contributed by atoms with Gasteiger partial charge in [-0.3, -0.25) is 9.20 Å². The SMILES string of the molecule is CCc1nc2ccc(F)cn2c1C(=O)N(CC(C)C)CC(C)C. The highest BCUT2D eigenvalue weighted by atomic mass is 19.1. The third-order valence-electron chi connectivity index (χ3n) is 3.65. The zero-order valence-corrected chi connectivity index (χ0v) is 14.6. The molecule has 0 saturated heterocycles. The van der Waals surface area contributed by atoms with Crippen LogP contribution in [-0.2, 0) is 6.42 Å². The number of nitrogens with zero attached hydrogens (tertiary/aromatic N) is 3. The van der Waals surface area contributed by atoms with E-state index >= 15 is 0 Å². The molecule has 0 saturated carbocycles. The van der Waals surface area contributed by atoms with E-state index in [1.807, 2.05) is 11.8 Å². The lowest BCUT2D eigenvalue weighted by Crippen LogP contribution is -2.38. The normalized spacial score (nSPS) is 11.7. The van der Waals surface area contributed by atoms with Crippen LogP contribution in [0.1, 0.15) is 50.8 Å². The van der Waals surface area contributed by atoms with Crippen molar-refractivity contribution < 1.29 is 9.18 Å². The minimum atomic E-state index is -0.370. The van der Waals surface area contributed by atoms with Gasteiger partial charge >= 0.3 is 0 Å². The summed E-state index contributed by atoms with van der Waals surface area (Å²) < 4.78 is 15.2. The molecule has 1 amide bonds. The predicted molar refractivity (Wildman–Crippen MR) is 90.1 cm³/mol. The van der Waals surface area contributed by atoms with Crippen LogP contribution in [0.25, 0.3) is 5.65 Å². The third kappa shape index (κ3) is 3.89. The van der Waals surface area contributed by atoms with E-state index in [0.29, 0.717) is 42.7 Å². The van der Waals surface area contributed by atoms with E-state index in [-0.39, 0.29) is 11.7 Å². The number of pyridine rings is 1. The van der Waals surface area contributed by atoms with Gasteiger partial charge < -0.3 is 4.90 Å². The fourth-order valence-electron chi connectivity index (χ4n) is 2.81. The molecule has 4 nitrogen and oxygen atoms in total. The van der Waals surface area contributed by atoms with Crippen LogP contribution in [0, 0.1) is 17.7 Å². The Labute approximate surface area is 137 Å². The fraction of sp³-hybridized carbons (Fsp3) is 0.556. The molecule has 2 aromatic heterocycles. The number of carbonyl (C=O) groups excluding carboxylic acids is 1. The van der Waals surface area contributed by atoms with Gasteiger partial charge in [0.05, 0.1) is 5.69 Å².